The Bertz CT molecular complexity index is 889. The Hall–Kier alpha value is -2.64. The fourth-order valence-corrected chi connectivity index (χ4v) is 3.71. The number of benzene rings is 2. The maximum atomic E-state index is 12.7. The maximum absolute atomic E-state index is 12.7. The quantitative estimate of drug-likeness (QED) is 0.452. The summed E-state index contributed by atoms with van der Waals surface area (Å²) in [6, 6.07) is 14.0. The van der Waals surface area contributed by atoms with Crippen LogP contribution in [0, 0.1) is 0 Å². The van der Waals surface area contributed by atoms with E-state index < -0.39 is 5.97 Å². The van der Waals surface area contributed by atoms with E-state index in [9.17, 15) is 9.59 Å². The molecule has 1 aliphatic heterocycles. The largest absolute Gasteiger partial charge is 0.497 e. The van der Waals surface area contributed by atoms with Crippen molar-refractivity contribution in [2.24, 2.45) is 0 Å². The van der Waals surface area contributed by atoms with E-state index >= 15 is 0 Å². The van der Waals surface area contributed by atoms with E-state index in [-0.39, 0.29) is 5.91 Å². The molecule has 5 nitrogen and oxygen atoms in total. The van der Waals surface area contributed by atoms with Crippen molar-refractivity contribution in [3.8, 4) is 5.75 Å². The van der Waals surface area contributed by atoms with Crippen molar-refractivity contribution in [3.05, 3.63) is 64.6 Å². The van der Waals surface area contributed by atoms with Crippen LogP contribution >= 0.6 is 24.0 Å². The first kappa shape index (κ1) is 18.2. The van der Waals surface area contributed by atoms with Crippen molar-refractivity contribution in [1.82, 2.24) is 0 Å². The lowest BCUT2D eigenvalue weighted by Gasteiger charge is -2.14. The van der Waals surface area contributed by atoms with Gasteiger partial charge in [0.05, 0.1) is 30.4 Å². The third-order valence-electron chi connectivity index (χ3n) is 3.75. The lowest BCUT2D eigenvalue weighted by molar-refractivity contribution is -0.113. The number of anilines is 1. The molecule has 26 heavy (non-hydrogen) atoms. The van der Waals surface area contributed by atoms with Crippen molar-refractivity contribution in [2.45, 2.75) is 0 Å². The number of rotatable bonds is 4. The molecule has 1 saturated heterocycles. The predicted molar refractivity (Wildman–Crippen MR) is 106 cm³/mol. The van der Waals surface area contributed by atoms with Crippen LogP contribution < -0.4 is 9.64 Å². The SMILES string of the molecule is COC(=O)c1ccc(/C=C2/SC(=S)N(c3ccc(OC)cc3)C2=O)cc1. The average molecular weight is 385 g/mol. The Kier molecular flexibility index (Phi) is 5.39. The normalized spacial score (nSPS) is 15.5. The van der Waals surface area contributed by atoms with Gasteiger partial charge in [-0.15, -0.1) is 0 Å². The monoisotopic (exact) mass is 385 g/mol. The summed E-state index contributed by atoms with van der Waals surface area (Å²) in [6.07, 6.45) is 1.75. The second-order valence-corrected chi connectivity index (χ2v) is 7.00. The summed E-state index contributed by atoms with van der Waals surface area (Å²) < 4.78 is 10.3. The molecule has 1 fully saturated rings. The minimum Gasteiger partial charge on any atom is -0.497 e. The van der Waals surface area contributed by atoms with Gasteiger partial charge in [0.15, 0.2) is 4.32 Å². The molecular formula is C19H15NO4S2. The first-order chi connectivity index (χ1) is 12.5. The van der Waals surface area contributed by atoms with E-state index in [0.29, 0.717) is 26.2 Å². The summed E-state index contributed by atoms with van der Waals surface area (Å²) >= 11 is 6.60. The van der Waals surface area contributed by atoms with E-state index in [1.54, 1.807) is 61.7 Å². The number of thiocarbonyl (C=S) groups is 1. The number of methoxy groups -OCH3 is 2. The number of ether oxygens (including phenoxy) is 2. The topological polar surface area (TPSA) is 55.8 Å². The highest BCUT2D eigenvalue weighted by Gasteiger charge is 2.33. The molecule has 1 amide bonds. The number of carbonyl (C=O) groups excluding carboxylic acids is 2. The Morgan fingerprint density at radius 3 is 2.31 bits per heavy atom. The van der Waals surface area contributed by atoms with E-state index in [1.165, 1.54) is 23.8 Å². The predicted octanol–water partition coefficient (Wildman–Crippen LogP) is 3.89. The van der Waals surface area contributed by atoms with Gasteiger partial charge >= 0.3 is 5.97 Å². The summed E-state index contributed by atoms with van der Waals surface area (Å²) in [6.45, 7) is 0. The molecule has 0 spiro atoms. The zero-order valence-electron chi connectivity index (χ0n) is 14.1. The Morgan fingerprint density at radius 2 is 1.73 bits per heavy atom. The van der Waals surface area contributed by atoms with Crippen LogP contribution in [-0.2, 0) is 9.53 Å². The smallest absolute Gasteiger partial charge is 0.337 e. The summed E-state index contributed by atoms with van der Waals surface area (Å²) in [5.41, 5.74) is 1.95. The Labute approximate surface area is 160 Å². The Balaban J connectivity index is 1.83. The van der Waals surface area contributed by atoms with Crippen LogP contribution in [0.25, 0.3) is 6.08 Å². The van der Waals surface area contributed by atoms with Crippen LogP contribution in [0.2, 0.25) is 0 Å². The van der Waals surface area contributed by atoms with Crippen LogP contribution in [0.15, 0.2) is 53.4 Å². The number of carbonyl (C=O) groups is 2. The molecule has 1 heterocycles. The van der Waals surface area contributed by atoms with Gasteiger partial charge in [-0.2, -0.15) is 0 Å². The number of hydrogen-bond donors (Lipinski definition) is 0. The van der Waals surface area contributed by atoms with Crippen molar-refractivity contribution >= 4 is 51.9 Å². The van der Waals surface area contributed by atoms with E-state index in [1.807, 2.05) is 0 Å². The van der Waals surface area contributed by atoms with Gasteiger partial charge < -0.3 is 9.47 Å². The van der Waals surface area contributed by atoms with Crippen molar-refractivity contribution in [1.29, 1.82) is 0 Å². The third-order valence-corrected chi connectivity index (χ3v) is 5.06. The molecule has 0 atom stereocenters. The zero-order chi connectivity index (χ0) is 18.7. The highest BCUT2D eigenvalue weighted by atomic mass is 32.2. The van der Waals surface area contributed by atoms with Crippen molar-refractivity contribution < 1.29 is 19.1 Å². The van der Waals surface area contributed by atoms with Crippen molar-refractivity contribution in [2.75, 3.05) is 19.1 Å². The van der Waals surface area contributed by atoms with Crippen LogP contribution in [0.3, 0.4) is 0 Å². The third kappa shape index (κ3) is 3.63. The van der Waals surface area contributed by atoms with Gasteiger partial charge in [0.25, 0.3) is 5.91 Å². The number of amides is 1. The molecule has 7 heteroatoms. The molecule has 2 aromatic carbocycles. The summed E-state index contributed by atoms with van der Waals surface area (Å²) in [7, 11) is 2.92. The summed E-state index contributed by atoms with van der Waals surface area (Å²) in [5, 5.41) is 0. The van der Waals surface area contributed by atoms with Gasteiger partial charge in [-0.25, -0.2) is 4.79 Å². The van der Waals surface area contributed by atoms with Crippen LogP contribution in [0.4, 0.5) is 5.69 Å². The molecule has 0 unspecified atom stereocenters. The minimum atomic E-state index is -0.401. The number of esters is 1. The van der Waals surface area contributed by atoms with E-state index in [2.05, 4.69) is 4.74 Å². The second kappa shape index (κ2) is 7.72. The van der Waals surface area contributed by atoms with E-state index in [4.69, 9.17) is 17.0 Å². The fraction of sp³-hybridized carbons (Fsp3) is 0.105. The Morgan fingerprint density at radius 1 is 1.08 bits per heavy atom. The molecule has 3 rings (SSSR count). The molecule has 0 bridgehead atoms. The molecule has 132 valence electrons. The van der Waals surface area contributed by atoms with E-state index in [0.717, 1.165) is 5.56 Å². The molecule has 0 aliphatic carbocycles. The number of nitrogens with zero attached hydrogens (tertiary/aromatic N) is 1. The second-order valence-electron chi connectivity index (χ2n) is 5.33. The average Bonchev–Trinajstić information content (AvgIpc) is 2.95. The molecule has 1 aliphatic rings. The molecule has 2 aromatic rings. The van der Waals surface area contributed by atoms with Gasteiger partial charge in [-0.1, -0.05) is 36.1 Å². The molecular weight excluding hydrogens is 370 g/mol. The highest BCUT2D eigenvalue weighted by molar-refractivity contribution is 8.27. The maximum Gasteiger partial charge on any atom is 0.337 e. The molecule has 0 saturated carbocycles. The number of thioether (sulfide) groups is 1. The summed E-state index contributed by atoms with van der Waals surface area (Å²) in [5.74, 6) is 0.130. The number of hydrogen-bond acceptors (Lipinski definition) is 6. The van der Waals surface area contributed by atoms with Crippen molar-refractivity contribution in [3.63, 3.8) is 0 Å². The van der Waals surface area contributed by atoms with Crippen LogP contribution in [0.5, 0.6) is 5.75 Å². The first-order valence-corrected chi connectivity index (χ1v) is 8.86. The minimum absolute atomic E-state index is 0.179. The highest BCUT2D eigenvalue weighted by Crippen LogP contribution is 2.36. The standard InChI is InChI=1S/C19H15NO4S2/c1-23-15-9-7-14(8-10-15)20-17(21)16(26-19(20)25)11-12-3-5-13(6-4-12)18(22)24-2/h3-11H,1-2H3/b16-11+. The van der Waals surface area contributed by atoms with Gasteiger partial charge in [0, 0.05) is 0 Å². The van der Waals surface area contributed by atoms with Crippen LogP contribution in [0.1, 0.15) is 15.9 Å². The molecule has 0 N–H and O–H groups in total. The van der Waals surface area contributed by atoms with Gasteiger partial charge in [0.2, 0.25) is 0 Å². The lowest BCUT2D eigenvalue weighted by atomic mass is 10.1. The first-order valence-electron chi connectivity index (χ1n) is 7.64. The van der Waals surface area contributed by atoms with Crippen LogP contribution in [-0.4, -0.2) is 30.4 Å². The van der Waals surface area contributed by atoms with Gasteiger partial charge in [-0.3, -0.25) is 9.69 Å². The molecule has 0 radical (unpaired) electrons. The van der Waals surface area contributed by atoms with Gasteiger partial charge in [-0.05, 0) is 48.0 Å². The zero-order valence-corrected chi connectivity index (χ0v) is 15.7. The lowest BCUT2D eigenvalue weighted by Crippen LogP contribution is -2.27. The van der Waals surface area contributed by atoms with Gasteiger partial charge in [0.1, 0.15) is 5.75 Å². The molecule has 0 aromatic heterocycles. The summed E-state index contributed by atoms with van der Waals surface area (Å²) in [4.78, 5) is 26.2. The fourth-order valence-electron chi connectivity index (χ4n) is 2.41.